The lowest BCUT2D eigenvalue weighted by Crippen LogP contribution is -2.32. The van der Waals surface area contributed by atoms with E-state index in [0.29, 0.717) is 5.75 Å². The fourth-order valence-corrected chi connectivity index (χ4v) is 2.34. The number of Topliss-reactive ketones (excluding diaryl/α,β-unsaturated/α-hetero) is 1. The van der Waals surface area contributed by atoms with E-state index in [4.69, 9.17) is 4.74 Å². The maximum Gasteiger partial charge on any atom is 0.302 e. The van der Waals surface area contributed by atoms with Crippen molar-refractivity contribution in [1.82, 2.24) is 0 Å². The van der Waals surface area contributed by atoms with Crippen LogP contribution in [0.5, 0.6) is 0 Å². The molecule has 68 valence electrons. The molecule has 12 heavy (non-hydrogen) atoms. The van der Waals surface area contributed by atoms with Crippen LogP contribution in [0.1, 0.15) is 13.8 Å². The first-order valence-electron chi connectivity index (χ1n) is 3.79. The number of carbonyl (C=O) groups excluding carboxylic acids is 2. The molecule has 1 aliphatic rings. The van der Waals surface area contributed by atoms with Crippen LogP contribution in [0.2, 0.25) is 0 Å². The molecule has 1 heterocycles. The van der Waals surface area contributed by atoms with Gasteiger partial charge in [0.15, 0.2) is 5.78 Å². The average Bonchev–Trinajstić information content (AvgIpc) is 2.30. The third kappa shape index (κ3) is 2.00. The second-order valence-corrected chi connectivity index (χ2v) is 4.24. The molecule has 0 aliphatic carbocycles. The van der Waals surface area contributed by atoms with E-state index in [1.807, 2.05) is 6.92 Å². The van der Waals surface area contributed by atoms with E-state index in [1.165, 1.54) is 6.92 Å². The van der Waals surface area contributed by atoms with Crippen LogP contribution in [0, 0.1) is 5.41 Å². The predicted molar refractivity (Wildman–Crippen MR) is 47.1 cm³/mol. The van der Waals surface area contributed by atoms with Crippen LogP contribution in [0.25, 0.3) is 0 Å². The largest absolute Gasteiger partial charge is 0.465 e. The van der Waals surface area contributed by atoms with Gasteiger partial charge in [-0.25, -0.2) is 0 Å². The molecule has 0 aromatic heterocycles. The lowest BCUT2D eigenvalue weighted by atomic mass is 9.90. The van der Waals surface area contributed by atoms with Crippen molar-refractivity contribution in [2.24, 2.45) is 5.41 Å². The molecule has 1 aliphatic heterocycles. The Morgan fingerprint density at radius 3 is 2.83 bits per heavy atom. The smallest absolute Gasteiger partial charge is 0.302 e. The van der Waals surface area contributed by atoms with Gasteiger partial charge in [0.2, 0.25) is 0 Å². The van der Waals surface area contributed by atoms with Gasteiger partial charge in [0, 0.05) is 12.7 Å². The molecule has 0 amide bonds. The highest BCUT2D eigenvalue weighted by atomic mass is 32.2. The van der Waals surface area contributed by atoms with Crippen molar-refractivity contribution < 1.29 is 14.3 Å². The topological polar surface area (TPSA) is 43.4 Å². The highest BCUT2D eigenvalue weighted by Gasteiger charge is 2.38. The number of hydrogen-bond donors (Lipinski definition) is 0. The van der Waals surface area contributed by atoms with E-state index in [1.54, 1.807) is 11.8 Å². The van der Waals surface area contributed by atoms with E-state index in [0.717, 1.165) is 5.75 Å². The Kier molecular flexibility index (Phi) is 2.77. The molecular weight excluding hydrogens is 176 g/mol. The third-order valence-electron chi connectivity index (χ3n) is 1.92. The van der Waals surface area contributed by atoms with Gasteiger partial charge < -0.3 is 4.74 Å². The first kappa shape index (κ1) is 9.58. The first-order valence-corrected chi connectivity index (χ1v) is 4.94. The van der Waals surface area contributed by atoms with Crippen LogP contribution in [-0.2, 0) is 14.3 Å². The highest BCUT2D eigenvalue weighted by molar-refractivity contribution is 8.00. The monoisotopic (exact) mass is 188 g/mol. The minimum Gasteiger partial charge on any atom is -0.465 e. The number of rotatable bonds is 2. The Morgan fingerprint density at radius 1 is 1.75 bits per heavy atom. The summed E-state index contributed by atoms with van der Waals surface area (Å²) in [6, 6.07) is 0. The zero-order valence-corrected chi connectivity index (χ0v) is 8.07. The van der Waals surface area contributed by atoms with Crippen molar-refractivity contribution in [3.8, 4) is 0 Å². The molecule has 1 fully saturated rings. The number of ether oxygens (including phenoxy) is 1. The van der Waals surface area contributed by atoms with Gasteiger partial charge in [0.25, 0.3) is 0 Å². The summed E-state index contributed by atoms with van der Waals surface area (Å²) in [6.07, 6.45) is 0. The number of hydrogen-bond acceptors (Lipinski definition) is 4. The van der Waals surface area contributed by atoms with Gasteiger partial charge >= 0.3 is 5.97 Å². The molecule has 0 N–H and O–H groups in total. The van der Waals surface area contributed by atoms with E-state index in [-0.39, 0.29) is 18.4 Å². The van der Waals surface area contributed by atoms with Crippen molar-refractivity contribution in [3.05, 3.63) is 0 Å². The molecule has 1 rings (SSSR count). The van der Waals surface area contributed by atoms with E-state index >= 15 is 0 Å². The SMILES string of the molecule is CC(=O)OCC1(C)CSCC1=O. The first-order chi connectivity index (χ1) is 5.54. The molecule has 0 aromatic carbocycles. The van der Waals surface area contributed by atoms with Gasteiger partial charge in [-0.15, -0.1) is 0 Å². The van der Waals surface area contributed by atoms with Crippen molar-refractivity contribution in [1.29, 1.82) is 0 Å². The third-order valence-corrected chi connectivity index (χ3v) is 3.23. The Labute approximate surface area is 75.8 Å². The zero-order valence-electron chi connectivity index (χ0n) is 7.25. The van der Waals surface area contributed by atoms with Crippen molar-refractivity contribution in [2.75, 3.05) is 18.1 Å². The molecule has 0 aromatic rings. The Bertz CT molecular complexity index is 214. The minimum absolute atomic E-state index is 0.189. The van der Waals surface area contributed by atoms with Crippen molar-refractivity contribution in [3.63, 3.8) is 0 Å². The Hall–Kier alpha value is -0.510. The summed E-state index contributed by atoms with van der Waals surface area (Å²) < 4.78 is 4.83. The lowest BCUT2D eigenvalue weighted by molar-refractivity contribution is -0.145. The molecule has 0 spiro atoms. The molecule has 1 atom stereocenters. The number of carbonyl (C=O) groups is 2. The molecule has 1 saturated heterocycles. The molecule has 0 bridgehead atoms. The summed E-state index contributed by atoms with van der Waals surface area (Å²) in [5.74, 6) is 1.19. The average molecular weight is 188 g/mol. The number of thioether (sulfide) groups is 1. The van der Waals surface area contributed by atoms with E-state index in [9.17, 15) is 9.59 Å². The quantitative estimate of drug-likeness (QED) is 0.603. The maximum absolute atomic E-state index is 11.3. The van der Waals surface area contributed by atoms with Crippen LogP contribution < -0.4 is 0 Å². The standard InChI is InChI=1S/C8H12O3S/c1-6(9)11-4-8(2)5-12-3-7(8)10/h3-5H2,1-2H3. The molecule has 3 nitrogen and oxygen atoms in total. The van der Waals surface area contributed by atoms with Gasteiger partial charge in [-0.3, -0.25) is 9.59 Å². The summed E-state index contributed by atoms with van der Waals surface area (Å²) in [7, 11) is 0. The summed E-state index contributed by atoms with van der Waals surface area (Å²) in [6.45, 7) is 3.43. The molecular formula is C8H12O3S. The summed E-state index contributed by atoms with van der Waals surface area (Å²) in [4.78, 5) is 21.8. The minimum atomic E-state index is -0.434. The summed E-state index contributed by atoms with van der Waals surface area (Å²) >= 11 is 1.60. The fourth-order valence-electron chi connectivity index (χ4n) is 1.01. The van der Waals surface area contributed by atoms with E-state index < -0.39 is 5.41 Å². The van der Waals surface area contributed by atoms with E-state index in [2.05, 4.69) is 0 Å². The van der Waals surface area contributed by atoms with Crippen molar-refractivity contribution in [2.45, 2.75) is 13.8 Å². The highest BCUT2D eigenvalue weighted by Crippen LogP contribution is 2.32. The van der Waals surface area contributed by atoms with Crippen LogP contribution in [0.15, 0.2) is 0 Å². The second kappa shape index (κ2) is 3.47. The van der Waals surface area contributed by atoms with Gasteiger partial charge in [0.05, 0.1) is 11.2 Å². The van der Waals surface area contributed by atoms with Gasteiger partial charge in [-0.2, -0.15) is 11.8 Å². The second-order valence-electron chi connectivity index (χ2n) is 3.26. The van der Waals surface area contributed by atoms with Gasteiger partial charge in [-0.1, -0.05) is 0 Å². The molecule has 0 radical (unpaired) electrons. The number of ketones is 1. The molecule has 0 saturated carbocycles. The fraction of sp³-hybridized carbons (Fsp3) is 0.750. The van der Waals surface area contributed by atoms with Crippen LogP contribution in [0.4, 0.5) is 0 Å². The van der Waals surface area contributed by atoms with Crippen LogP contribution in [-0.4, -0.2) is 29.9 Å². The van der Waals surface area contributed by atoms with Gasteiger partial charge in [-0.05, 0) is 6.92 Å². The van der Waals surface area contributed by atoms with Crippen LogP contribution >= 0.6 is 11.8 Å². The van der Waals surface area contributed by atoms with Crippen molar-refractivity contribution >= 4 is 23.5 Å². The summed E-state index contributed by atoms with van der Waals surface area (Å²) in [5.41, 5.74) is -0.434. The maximum atomic E-state index is 11.3. The zero-order chi connectivity index (χ0) is 9.19. The number of esters is 1. The van der Waals surface area contributed by atoms with Gasteiger partial charge in [0.1, 0.15) is 6.61 Å². The molecule has 4 heteroatoms. The normalized spacial score (nSPS) is 29.0. The predicted octanol–water partition coefficient (Wildman–Crippen LogP) is 0.872. The Balaban J connectivity index is 2.48. The molecule has 1 unspecified atom stereocenters. The van der Waals surface area contributed by atoms with Crippen LogP contribution in [0.3, 0.4) is 0 Å². The summed E-state index contributed by atoms with van der Waals surface area (Å²) in [5, 5.41) is 0. The lowest BCUT2D eigenvalue weighted by Gasteiger charge is -2.19. The Morgan fingerprint density at radius 2 is 2.42 bits per heavy atom.